The third-order valence-electron chi connectivity index (χ3n) is 5.70. The highest BCUT2D eigenvalue weighted by Gasteiger charge is 2.31. The monoisotopic (exact) mass is 494 g/mol. The van der Waals surface area contributed by atoms with E-state index in [0.29, 0.717) is 41.0 Å². The van der Waals surface area contributed by atoms with E-state index in [1.54, 1.807) is 30.3 Å². The standard InChI is InChI=1S/C27H25F3N4O2/c1-34(2)13-12-17-14-20(27(28,29)30)16-21(15-17)31-25-23-7-5-4-6-22(23)24(32-33-25)18-8-10-19(11-9-18)26(35)36-3/h4-11,14-16H,12-13H2,1-3H3,(H,31,33). The lowest BCUT2D eigenvalue weighted by atomic mass is 10.0. The van der Waals surface area contributed by atoms with E-state index >= 15 is 0 Å². The number of esters is 1. The molecular weight excluding hydrogens is 469 g/mol. The molecule has 0 saturated heterocycles. The zero-order valence-corrected chi connectivity index (χ0v) is 20.1. The molecule has 0 aliphatic rings. The fraction of sp³-hybridized carbons (Fsp3) is 0.222. The summed E-state index contributed by atoms with van der Waals surface area (Å²) in [5.74, 6) is -0.0958. The molecule has 186 valence electrons. The highest BCUT2D eigenvalue weighted by atomic mass is 19.4. The molecule has 0 fully saturated rings. The van der Waals surface area contributed by atoms with Gasteiger partial charge in [-0.05, 0) is 56.4 Å². The van der Waals surface area contributed by atoms with E-state index in [1.165, 1.54) is 13.2 Å². The molecule has 3 aromatic carbocycles. The summed E-state index contributed by atoms with van der Waals surface area (Å²) < 4.78 is 45.5. The second kappa shape index (κ2) is 10.3. The summed E-state index contributed by atoms with van der Waals surface area (Å²) in [6, 6.07) is 18.1. The van der Waals surface area contributed by atoms with Gasteiger partial charge in [0.05, 0.1) is 18.2 Å². The number of halogens is 3. The maximum absolute atomic E-state index is 13.6. The van der Waals surface area contributed by atoms with Crippen LogP contribution in [0, 0.1) is 0 Å². The summed E-state index contributed by atoms with van der Waals surface area (Å²) >= 11 is 0. The van der Waals surface area contributed by atoms with Gasteiger partial charge in [0, 0.05) is 28.6 Å². The fourth-order valence-electron chi connectivity index (χ4n) is 3.85. The van der Waals surface area contributed by atoms with Gasteiger partial charge in [-0.2, -0.15) is 13.2 Å². The molecular formula is C27H25F3N4O2. The highest BCUT2D eigenvalue weighted by molar-refractivity contribution is 6.01. The van der Waals surface area contributed by atoms with E-state index in [1.807, 2.05) is 43.3 Å². The molecule has 0 atom stereocenters. The molecule has 0 spiro atoms. The lowest BCUT2D eigenvalue weighted by Gasteiger charge is -2.16. The zero-order chi connectivity index (χ0) is 25.9. The van der Waals surface area contributed by atoms with E-state index in [2.05, 4.69) is 15.5 Å². The number of ether oxygens (including phenoxy) is 1. The van der Waals surface area contributed by atoms with Crippen molar-refractivity contribution in [3.05, 3.63) is 83.4 Å². The number of hydrogen-bond acceptors (Lipinski definition) is 6. The van der Waals surface area contributed by atoms with Crippen LogP contribution in [0.3, 0.4) is 0 Å². The lowest BCUT2D eigenvalue weighted by molar-refractivity contribution is -0.137. The minimum atomic E-state index is -4.47. The topological polar surface area (TPSA) is 67.3 Å². The Morgan fingerprint density at radius 1 is 0.972 bits per heavy atom. The third kappa shape index (κ3) is 5.63. The predicted octanol–water partition coefficient (Wildman–Crippen LogP) is 5.95. The van der Waals surface area contributed by atoms with Crippen LogP contribution in [0.4, 0.5) is 24.7 Å². The maximum Gasteiger partial charge on any atom is 0.416 e. The largest absolute Gasteiger partial charge is 0.465 e. The average molecular weight is 495 g/mol. The molecule has 36 heavy (non-hydrogen) atoms. The van der Waals surface area contributed by atoms with Crippen LogP contribution >= 0.6 is 0 Å². The Morgan fingerprint density at radius 3 is 2.31 bits per heavy atom. The highest BCUT2D eigenvalue weighted by Crippen LogP contribution is 2.35. The van der Waals surface area contributed by atoms with Crippen molar-refractivity contribution in [1.82, 2.24) is 15.1 Å². The molecule has 9 heteroatoms. The van der Waals surface area contributed by atoms with Crippen LogP contribution in [0.1, 0.15) is 21.5 Å². The normalized spacial score (nSPS) is 11.6. The van der Waals surface area contributed by atoms with Gasteiger partial charge in [-0.1, -0.05) is 36.4 Å². The van der Waals surface area contributed by atoms with Crippen molar-refractivity contribution in [2.45, 2.75) is 12.6 Å². The smallest absolute Gasteiger partial charge is 0.416 e. The number of carbonyl (C=O) groups excluding carboxylic acids is 1. The van der Waals surface area contributed by atoms with Crippen LogP contribution in [0.25, 0.3) is 22.0 Å². The average Bonchev–Trinajstić information content (AvgIpc) is 2.87. The van der Waals surface area contributed by atoms with Crippen LogP contribution in [0.15, 0.2) is 66.7 Å². The predicted molar refractivity (Wildman–Crippen MR) is 133 cm³/mol. The number of fused-ring (bicyclic) bond motifs is 1. The van der Waals surface area contributed by atoms with Crippen LogP contribution in [-0.2, 0) is 17.3 Å². The number of nitrogens with one attached hydrogen (secondary N) is 1. The number of hydrogen-bond donors (Lipinski definition) is 1. The molecule has 0 bridgehead atoms. The summed E-state index contributed by atoms with van der Waals surface area (Å²) in [5, 5.41) is 13.2. The molecule has 0 aliphatic heterocycles. The van der Waals surface area contributed by atoms with E-state index < -0.39 is 17.7 Å². The van der Waals surface area contributed by atoms with E-state index in [9.17, 15) is 18.0 Å². The molecule has 0 unspecified atom stereocenters. The van der Waals surface area contributed by atoms with Crippen molar-refractivity contribution in [2.75, 3.05) is 33.1 Å². The third-order valence-corrected chi connectivity index (χ3v) is 5.70. The van der Waals surface area contributed by atoms with Crippen molar-refractivity contribution < 1.29 is 22.7 Å². The Hall–Kier alpha value is -3.98. The van der Waals surface area contributed by atoms with Gasteiger partial charge in [-0.25, -0.2) is 4.79 Å². The minimum Gasteiger partial charge on any atom is -0.465 e. The van der Waals surface area contributed by atoms with Crippen LogP contribution < -0.4 is 5.32 Å². The van der Waals surface area contributed by atoms with Gasteiger partial charge >= 0.3 is 12.1 Å². The Labute approximate surface area is 206 Å². The number of methoxy groups -OCH3 is 1. The molecule has 1 N–H and O–H groups in total. The van der Waals surface area contributed by atoms with Crippen molar-refractivity contribution in [3.63, 3.8) is 0 Å². The van der Waals surface area contributed by atoms with E-state index in [-0.39, 0.29) is 5.69 Å². The molecule has 6 nitrogen and oxygen atoms in total. The van der Waals surface area contributed by atoms with Crippen LogP contribution in [0.2, 0.25) is 0 Å². The van der Waals surface area contributed by atoms with Gasteiger partial charge in [0.25, 0.3) is 0 Å². The number of likely N-dealkylation sites (N-methyl/N-ethyl adjacent to an activating group) is 1. The lowest BCUT2D eigenvalue weighted by Crippen LogP contribution is -2.16. The first-order valence-corrected chi connectivity index (χ1v) is 11.2. The molecule has 4 aromatic rings. The SMILES string of the molecule is COC(=O)c1ccc(-c2nnc(Nc3cc(CCN(C)C)cc(C(F)(F)F)c3)c3ccccc23)cc1. The zero-order valence-electron chi connectivity index (χ0n) is 20.1. The summed E-state index contributed by atoms with van der Waals surface area (Å²) in [4.78, 5) is 13.7. The van der Waals surface area contributed by atoms with Crippen molar-refractivity contribution in [1.29, 1.82) is 0 Å². The van der Waals surface area contributed by atoms with Gasteiger partial charge in [0.1, 0.15) is 5.69 Å². The Balaban J connectivity index is 1.73. The molecule has 0 radical (unpaired) electrons. The number of anilines is 2. The van der Waals surface area contributed by atoms with Gasteiger partial charge in [0.2, 0.25) is 0 Å². The number of carbonyl (C=O) groups is 1. The van der Waals surface area contributed by atoms with Crippen LogP contribution in [0.5, 0.6) is 0 Å². The Kier molecular flexibility index (Phi) is 7.21. The number of aromatic nitrogens is 2. The summed E-state index contributed by atoms with van der Waals surface area (Å²) in [6.45, 7) is 0.618. The Morgan fingerprint density at radius 2 is 1.67 bits per heavy atom. The molecule has 1 heterocycles. The van der Waals surface area contributed by atoms with Gasteiger partial charge in [-0.3, -0.25) is 0 Å². The molecule has 0 amide bonds. The van der Waals surface area contributed by atoms with Gasteiger partial charge in [-0.15, -0.1) is 10.2 Å². The van der Waals surface area contributed by atoms with Gasteiger partial charge in [0.15, 0.2) is 5.82 Å². The number of nitrogens with zero attached hydrogens (tertiary/aromatic N) is 3. The van der Waals surface area contributed by atoms with E-state index in [4.69, 9.17) is 4.74 Å². The van der Waals surface area contributed by atoms with Crippen LogP contribution in [-0.4, -0.2) is 48.8 Å². The molecule has 0 saturated carbocycles. The minimum absolute atomic E-state index is 0.285. The first kappa shape index (κ1) is 25.1. The van der Waals surface area contributed by atoms with Gasteiger partial charge < -0.3 is 15.0 Å². The van der Waals surface area contributed by atoms with Crippen molar-refractivity contribution in [3.8, 4) is 11.3 Å². The number of alkyl halides is 3. The summed E-state index contributed by atoms with van der Waals surface area (Å²) in [7, 11) is 5.06. The summed E-state index contributed by atoms with van der Waals surface area (Å²) in [5.41, 5.74) is 1.87. The maximum atomic E-state index is 13.6. The van der Waals surface area contributed by atoms with Crippen molar-refractivity contribution >= 4 is 28.2 Å². The summed E-state index contributed by atoms with van der Waals surface area (Å²) in [6.07, 6.45) is -4.00. The first-order chi connectivity index (χ1) is 17.2. The Bertz CT molecular complexity index is 1390. The van der Waals surface area contributed by atoms with E-state index in [0.717, 1.165) is 17.0 Å². The molecule has 4 rings (SSSR count). The first-order valence-electron chi connectivity index (χ1n) is 11.2. The second-order valence-electron chi connectivity index (χ2n) is 8.61. The number of benzene rings is 3. The molecule has 0 aliphatic carbocycles. The molecule has 1 aromatic heterocycles. The second-order valence-corrected chi connectivity index (χ2v) is 8.61. The fourth-order valence-corrected chi connectivity index (χ4v) is 3.85. The quantitative estimate of drug-likeness (QED) is 0.320. The van der Waals surface area contributed by atoms with Crippen molar-refractivity contribution in [2.24, 2.45) is 0 Å². The number of rotatable bonds is 7.